The van der Waals surface area contributed by atoms with Crippen LogP contribution < -0.4 is 0 Å². The Labute approximate surface area is 172 Å². The van der Waals surface area contributed by atoms with Crippen molar-refractivity contribution in [3.8, 4) is 0 Å². The summed E-state index contributed by atoms with van der Waals surface area (Å²) in [6, 6.07) is 13.5. The van der Waals surface area contributed by atoms with Crippen LogP contribution in [0.4, 0.5) is 0 Å². The Kier molecular flexibility index (Phi) is 6.99. The van der Waals surface area contributed by atoms with Gasteiger partial charge in [-0.3, -0.25) is 14.6 Å². The second-order valence-corrected chi connectivity index (χ2v) is 7.52. The molecule has 0 N–H and O–H groups in total. The maximum atomic E-state index is 13.3. The van der Waals surface area contributed by atoms with Crippen LogP contribution >= 0.6 is 0 Å². The summed E-state index contributed by atoms with van der Waals surface area (Å²) in [6.45, 7) is 3.53. The van der Waals surface area contributed by atoms with Gasteiger partial charge in [0.05, 0.1) is 18.6 Å². The van der Waals surface area contributed by atoms with E-state index in [1.807, 2.05) is 56.4 Å². The highest BCUT2D eigenvalue weighted by molar-refractivity contribution is 5.90. The number of hydrogen-bond donors (Lipinski definition) is 0. The SMILES string of the molecule is COCCN1C(=O)C[C@@H](C(=O)N(C)CCc2ccccn2)[C@@H]1c1ccccc1C. The van der Waals surface area contributed by atoms with Gasteiger partial charge in [-0.1, -0.05) is 30.3 Å². The van der Waals surface area contributed by atoms with E-state index in [2.05, 4.69) is 4.98 Å². The first-order valence-corrected chi connectivity index (χ1v) is 10.0. The topological polar surface area (TPSA) is 62.7 Å². The van der Waals surface area contributed by atoms with E-state index in [0.717, 1.165) is 16.8 Å². The summed E-state index contributed by atoms with van der Waals surface area (Å²) >= 11 is 0. The average molecular weight is 396 g/mol. The summed E-state index contributed by atoms with van der Waals surface area (Å²) < 4.78 is 5.20. The molecule has 2 amide bonds. The fourth-order valence-corrected chi connectivity index (χ4v) is 3.99. The average Bonchev–Trinajstić information content (AvgIpc) is 3.06. The van der Waals surface area contributed by atoms with Gasteiger partial charge in [0.15, 0.2) is 0 Å². The number of carbonyl (C=O) groups is 2. The van der Waals surface area contributed by atoms with Gasteiger partial charge >= 0.3 is 0 Å². The van der Waals surface area contributed by atoms with Crippen LogP contribution in [0.15, 0.2) is 48.7 Å². The van der Waals surface area contributed by atoms with Crippen LogP contribution in [0.5, 0.6) is 0 Å². The van der Waals surface area contributed by atoms with Crippen molar-refractivity contribution in [3.63, 3.8) is 0 Å². The number of aryl methyl sites for hydroxylation is 1. The molecule has 6 nitrogen and oxygen atoms in total. The Morgan fingerprint density at radius 3 is 2.69 bits per heavy atom. The van der Waals surface area contributed by atoms with Crippen molar-refractivity contribution < 1.29 is 14.3 Å². The van der Waals surface area contributed by atoms with Crippen molar-refractivity contribution in [2.45, 2.75) is 25.8 Å². The summed E-state index contributed by atoms with van der Waals surface area (Å²) in [7, 11) is 3.43. The number of ether oxygens (including phenoxy) is 1. The number of rotatable bonds is 8. The lowest BCUT2D eigenvalue weighted by Gasteiger charge is -2.31. The Morgan fingerprint density at radius 2 is 2.00 bits per heavy atom. The number of methoxy groups -OCH3 is 1. The number of hydrogen-bond acceptors (Lipinski definition) is 4. The number of aromatic nitrogens is 1. The standard InChI is InChI=1S/C23H29N3O3/c1-17-8-4-5-10-19(17)22-20(16-21(27)26(22)14-15-29-3)23(28)25(2)13-11-18-9-6-7-12-24-18/h4-10,12,20,22H,11,13-16H2,1-3H3/t20-,22+/m1/s1. The number of pyridine rings is 1. The highest BCUT2D eigenvalue weighted by Crippen LogP contribution is 2.40. The van der Waals surface area contributed by atoms with Crippen molar-refractivity contribution in [3.05, 3.63) is 65.5 Å². The molecular formula is C23H29N3O3. The Bertz CT molecular complexity index is 840. The fourth-order valence-electron chi connectivity index (χ4n) is 3.99. The number of likely N-dealkylation sites (tertiary alicyclic amines) is 1. The van der Waals surface area contributed by atoms with Gasteiger partial charge in [-0.25, -0.2) is 0 Å². The monoisotopic (exact) mass is 395 g/mol. The van der Waals surface area contributed by atoms with E-state index in [1.54, 1.807) is 23.1 Å². The minimum Gasteiger partial charge on any atom is -0.383 e. The molecule has 0 aliphatic carbocycles. The quantitative estimate of drug-likeness (QED) is 0.689. The first kappa shape index (κ1) is 21.0. The molecule has 0 saturated carbocycles. The molecule has 6 heteroatoms. The van der Waals surface area contributed by atoms with Crippen LogP contribution in [-0.4, -0.2) is 60.5 Å². The number of likely N-dealkylation sites (N-methyl/N-ethyl adjacent to an activating group) is 1. The molecule has 2 aromatic rings. The lowest BCUT2D eigenvalue weighted by atomic mass is 9.89. The molecule has 1 aliphatic heterocycles. The first-order valence-electron chi connectivity index (χ1n) is 10.0. The molecule has 2 heterocycles. The van der Waals surface area contributed by atoms with E-state index < -0.39 is 5.92 Å². The highest BCUT2D eigenvalue weighted by atomic mass is 16.5. The normalized spacial score (nSPS) is 18.9. The summed E-state index contributed by atoms with van der Waals surface area (Å²) in [6.07, 6.45) is 2.68. The molecular weight excluding hydrogens is 366 g/mol. The lowest BCUT2D eigenvalue weighted by molar-refractivity contribution is -0.135. The molecule has 1 fully saturated rings. The Morgan fingerprint density at radius 1 is 1.24 bits per heavy atom. The first-order chi connectivity index (χ1) is 14.0. The van der Waals surface area contributed by atoms with Gasteiger partial charge in [-0.2, -0.15) is 0 Å². The van der Waals surface area contributed by atoms with Gasteiger partial charge in [0.2, 0.25) is 11.8 Å². The predicted octanol–water partition coefficient (Wildman–Crippen LogP) is 2.63. The molecule has 0 unspecified atom stereocenters. The fraction of sp³-hybridized carbons (Fsp3) is 0.435. The van der Waals surface area contributed by atoms with Gasteiger partial charge < -0.3 is 14.5 Å². The molecule has 154 valence electrons. The van der Waals surface area contributed by atoms with Crippen LogP contribution in [0.3, 0.4) is 0 Å². The lowest BCUT2D eigenvalue weighted by Crippen LogP contribution is -2.38. The van der Waals surface area contributed by atoms with E-state index >= 15 is 0 Å². The van der Waals surface area contributed by atoms with E-state index in [-0.39, 0.29) is 24.3 Å². The molecule has 1 aliphatic rings. The molecule has 0 radical (unpaired) electrons. The second kappa shape index (κ2) is 9.65. The van der Waals surface area contributed by atoms with Crippen LogP contribution in [0.25, 0.3) is 0 Å². The third-order valence-electron chi connectivity index (χ3n) is 5.60. The molecule has 1 aromatic carbocycles. The van der Waals surface area contributed by atoms with Crippen molar-refractivity contribution in [2.24, 2.45) is 5.92 Å². The molecule has 3 rings (SSSR count). The van der Waals surface area contributed by atoms with Crippen molar-refractivity contribution >= 4 is 11.8 Å². The summed E-state index contributed by atoms with van der Waals surface area (Å²) in [5.41, 5.74) is 3.07. The predicted molar refractivity (Wildman–Crippen MR) is 111 cm³/mol. The minimum atomic E-state index is -0.394. The summed E-state index contributed by atoms with van der Waals surface area (Å²) in [5.74, 6) is -0.386. The summed E-state index contributed by atoms with van der Waals surface area (Å²) in [5, 5.41) is 0. The number of carbonyl (C=O) groups excluding carboxylic acids is 2. The molecule has 1 aromatic heterocycles. The van der Waals surface area contributed by atoms with Crippen molar-refractivity contribution in [1.29, 1.82) is 0 Å². The van der Waals surface area contributed by atoms with Gasteiger partial charge in [0, 0.05) is 52.0 Å². The maximum absolute atomic E-state index is 13.3. The molecule has 29 heavy (non-hydrogen) atoms. The van der Waals surface area contributed by atoms with Gasteiger partial charge in [-0.05, 0) is 30.2 Å². The van der Waals surface area contributed by atoms with Crippen LogP contribution in [0, 0.1) is 12.8 Å². The number of nitrogens with zero attached hydrogens (tertiary/aromatic N) is 3. The van der Waals surface area contributed by atoms with E-state index in [9.17, 15) is 9.59 Å². The molecule has 0 spiro atoms. The van der Waals surface area contributed by atoms with Crippen LogP contribution in [0.2, 0.25) is 0 Å². The van der Waals surface area contributed by atoms with Crippen LogP contribution in [-0.2, 0) is 20.7 Å². The largest absolute Gasteiger partial charge is 0.383 e. The van der Waals surface area contributed by atoms with Crippen molar-refractivity contribution in [2.75, 3.05) is 33.9 Å². The Hall–Kier alpha value is -2.73. The summed E-state index contributed by atoms with van der Waals surface area (Å²) in [4.78, 5) is 34.0. The molecule has 2 atom stereocenters. The molecule has 0 bridgehead atoms. The Balaban J connectivity index is 1.80. The van der Waals surface area contributed by atoms with E-state index in [4.69, 9.17) is 4.74 Å². The maximum Gasteiger partial charge on any atom is 0.228 e. The van der Waals surface area contributed by atoms with Gasteiger partial charge in [0.25, 0.3) is 0 Å². The second-order valence-electron chi connectivity index (χ2n) is 7.52. The molecule has 1 saturated heterocycles. The van der Waals surface area contributed by atoms with E-state index in [1.165, 1.54) is 0 Å². The van der Waals surface area contributed by atoms with Crippen molar-refractivity contribution in [1.82, 2.24) is 14.8 Å². The van der Waals surface area contributed by atoms with E-state index in [0.29, 0.717) is 26.1 Å². The van der Waals surface area contributed by atoms with Gasteiger partial charge in [-0.15, -0.1) is 0 Å². The minimum absolute atomic E-state index is 0.00227. The number of benzene rings is 1. The third-order valence-corrected chi connectivity index (χ3v) is 5.60. The zero-order valence-electron chi connectivity index (χ0n) is 17.4. The van der Waals surface area contributed by atoms with Gasteiger partial charge in [0.1, 0.15) is 0 Å². The zero-order valence-corrected chi connectivity index (χ0v) is 17.4. The smallest absolute Gasteiger partial charge is 0.228 e. The zero-order chi connectivity index (χ0) is 20.8. The number of amides is 2. The third kappa shape index (κ3) is 4.82. The highest BCUT2D eigenvalue weighted by Gasteiger charge is 2.45. The van der Waals surface area contributed by atoms with Crippen LogP contribution in [0.1, 0.15) is 29.3 Å².